The third-order valence-corrected chi connectivity index (χ3v) is 2.97. The van der Waals surface area contributed by atoms with Crippen LogP contribution in [0.2, 0.25) is 0 Å². The van der Waals surface area contributed by atoms with Crippen molar-refractivity contribution in [2.75, 3.05) is 0 Å². The number of allylic oxidation sites excluding steroid dienone is 5. The van der Waals surface area contributed by atoms with Crippen LogP contribution in [0, 0.1) is 6.92 Å². The van der Waals surface area contributed by atoms with Gasteiger partial charge in [0.25, 0.3) is 0 Å². The molecule has 1 aromatic carbocycles. The van der Waals surface area contributed by atoms with Crippen LogP contribution in [0.1, 0.15) is 46.0 Å². The first-order valence-electron chi connectivity index (χ1n) is 8.23. The van der Waals surface area contributed by atoms with Crippen LogP contribution in [-0.4, -0.2) is 9.97 Å². The predicted molar refractivity (Wildman–Crippen MR) is 104 cm³/mol. The van der Waals surface area contributed by atoms with E-state index in [1.807, 2.05) is 58.9 Å². The molecule has 1 heterocycles. The fraction of sp³-hybridized carbons (Fsp3) is 0.333. The Morgan fingerprint density at radius 1 is 1.04 bits per heavy atom. The quantitative estimate of drug-likeness (QED) is 0.496. The van der Waals surface area contributed by atoms with Gasteiger partial charge >= 0.3 is 0 Å². The smallest absolute Gasteiger partial charge is 0.0890 e. The topological polar surface area (TPSA) is 25.8 Å². The van der Waals surface area contributed by atoms with E-state index in [2.05, 4.69) is 36.7 Å². The van der Waals surface area contributed by atoms with Crippen molar-refractivity contribution in [1.29, 1.82) is 0 Å². The summed E-state index contributed by atoms with van der Waals surface area (Å²) in [4.78, 5) is 9.32. The van der Waals surface area contributed by atoms with Gasteiger partial charge in [-0.05, 0) is 45.4 Å². The molecule has 0 atom stereocenters. The molecule has 0 fully saturated rings. The summed E-state index contributed by atoms with van der Waals surface area (Å²) in [6.07, 6.45) is 8.89. The average molecular weight is 310 g/mol. The Labute approximate surface area is 141 Å². The highest BCUT2D eigenvalue weighted by Crippen LogP contribution is 2.15. The van der Waals surface area contributed by atoms with Crippen LogP contribution >= 0.6 is 0 Å². The number of hydrogen-bond acceptors (Lipinski definition) is 2. The fourth-order valence-electron chi connectivity index (χ4n) is 1.96. The lowest BCUT2D eigenvalue weighted by molar-refractivity contribution is 1.02. The third-order valence-electron chi connectivity index (χ3n) is 2.97. The molecule has 0 aliphatic carbocycles. The first kappa shape index (κ1) is 20.8. The monoisotopic (exact) mass is 310 g/mol. The van der Waals surface area contributed by atoms with E-state index in [4.69, 9.17) is 4.98 Å². The summed E-state index contributed by atoms with van der Waals surface area (Å²) in [5.41, 5.74) is 5.27. The van der Waals surface area contributed by atoms with E-state index in [0.717, 1.165) is 28.8 Å². The Hall–Kier alpha value is -2.22. The standard InChI is InChI=1S/C16H18N2.C3H6.C2H6/c1-4-8-13(5-2)11-16-12(3)17-14-9-6-7-10-15(14)18-16;1-3-2;1-2/h4-10H,11H2,1-3H3;3H,1H2,2H3;1-2H3/b8-4-,13-5+;;. The van der Waals surface area contributed by atoms with Gasteiger partial charge in [-0.1, -0.05) is 50.3 Å². The molecule has 0 saturated carbocycles. The second kappa shape index (κ2) is 12.3. The maximum absolute atomic E-state index is 4.71. The lowest BCUT2D eigenvalue weighted by Gasteiger charge is -2.07. The molecule has 2 heteroatoms. The van der Waals surface area contributed by atoms with Crippen LogP contribution in [0.3, 0.4) is 0 Å². The lowest BCUT2D eigenvalue weighted by atomic mass is 10.1. The summed E-state index contributed by atoms with van der Waals surface area (Å²) in [6.45, 7) is 15.4. The number of fused-ring (bicyclic) bond motifs is 1. The highest BCUT2D eigenvalue weighted by atomic mass is 14.8. The van der Waals surface area contributed by atoms with Crippen molar-refractivity contribution in [2.24, 2.45) is 0 Å². The Bertz CT molecular complexity index is 652. The van der Waals surface area contributed by atoms with Gasteiger partial charge in [0.15, 0.2) is 0 Å². The number of aromatic nitrogens is 2. The zero-order valence-electron chi connectivity index (χ0n) is 15.4. The summed E-state index contributed by atoms with van der Waals surface area (Å²) in [5, 5.41) is 0. The number of hydrogen-bond donors (Lipinski definition) is 0. The van der Waals surface area contributed by atoms with E-state index < -0.39 is 0 Å². The SMILES string of the molecule is C/C=C\C(=C/C)Cc1nc2ccccc2nc1C.C=CC.CC. The number of rotatable bonds is 3. The van der Waals surface area contributed by atoms with Crippen molar-refractivity contribution in [3.8, 4) is 0 Å². The van der Waals surface area contributed by atoms with Gasteiger partial charge in [0.05, 0.1) is 22.4 Å². The molecule has 0 unspecified atom stereocenters. The van der Waals surface area contributed by atoms with Crippen LogP contribution in [0.15, 0.2) is 60.7 Å². The summed E-state index contributed by atoms with van der Waals surface area (Å²) >= 11 is 0. The Kier molecular flexibility index (Phi) is 11.1. The Morgan fingerprint density at radius 3 is 2.04 bits per heavy atom. The van der Waals surface area contributed by atoms with E-state index in [0.29, 0.717) is 0 Å². The molecule has 0 N–H and O–H groups in total. The first-order valence-corrected chi connectivity index (χ1v) is 8.23. The van der Waals surface area contributed by atoms with E-state index in [-0.39, 0.29) is 0 Å². The molecule has 1 aromatic heterocycles. The predicted octanol–water partition coefficient (Wildman–Crippen LogP) is 6.22. The van der Waals surface area contributed by atoms with Crippen LogP contribution in [0.4, 0.5) is 0 Å². The molecule has 23 heavy (non-hydrogen) atoms. The van der Waals surface area contributed by atoms with Gasteiger partial charge in [0.2, 0.25) is 0 Å². The van der Waals surface area contributed by atoms with Crippen LogP contribution < -0.4 is 0 Å². The largest absolute Gasteiger partial charge is 0.250 e. The molecule has 0 spiro atoms. The van der Waals surface area contributed by atoms with Gasteiger partial charge in [-0.25, -0.2) is 9.97 Å². The normalized spacial score (nSPS) is 10.6. The zero-order chi connectivity index (χ0) is 17.7. The summed E-state index contributed by atoms with van der Waals surface area (Å²) in [5.74, 6) is 0. The molecule has 2 rings (SSSR count). The molecule has 0 amide bonds. The van der Waals surface area contributed by atoms with Gasteiger partial charge in [-0.2, -0.15) is 0 Å². The van der Waals surface area contributed by atoms with Crippen molar-refractivity contribution >= 4 is 11.0 Å². The number of benzene rings is 1. The van der Waals surface area contributed by atoms with Gasteiger partial charge < -0.3 is 0 Å². The Balaban J connectivity index is 0.000000868. The molecule has 0 aliphatic heterocycles. The lowest BCUT2D eigenvalue weighted by Crippen LogP contribution is -1.99. The molecule has 0 bridgehead atoms. The Morgan fingerprint density at radius 2 is 1.57 bits per heavy atom. The number of para-hydroxylation sites is 2. The van der Waals surface area contributed by atoms with Crippen LogP contribution in [0.5, 0.6) is 0 Å². The molecular weight excluding hydrogens is 280 g/mol. The molecule has 0 radical (unpaired) electrons. The van der Waals surface area contributed by atoms with Gasteiger partial charge in [0, 0.05) is 6.42 Å². The van der Waals surface area contributed by atoms with Gasteiger partial charge in [0.1, 0.15) is 0 Å². The fourth-order valence-corrected chi connectivity index (χ4v) is 1.96. The van der Waals surface area contributed by atoms with E-state index >= 15 is 0 Å². The zero-order valence-corrected chi connectivity index (χ0v) is 15.4. The van der Waals surface area contributed by atoms with E-state index in [1.54, 1.807) is 6.08 Å². The minimum absolute atomic E-state index is 0.838. The van der Waals surface area contributed by atoms with Crippen molar-refractivity contribution in [3.05, 3.63) is 72.1 Å². The highest BCUT2D eigenvalue weighted by molar-refractivity contribution is 5.74. The van der Waals surface area contributed by atoms with E-state index in [1.165, 1.54) is 5.57 Å². The molecule has 2 aromatic rings. The maximum Gasteiger partial charge on any atom is 0.0890 e. The maximum atomic E-state index is 4.71. The van der Waals surface area contributed by atoms with Crippen LogP contribution in [-0.2, 0) is 6.42 Å². The molecule has 0 saturated heterocycles. The molecule has 0 aliphatic rings. The third kappa shape index (κ3) is 7.05. The first-order chi connectivity index (χ1) is 11.2. The minimum atomic E-state index is 0.838. The van der Waals surface area contributed by atoms with Gasteiger partial charge in [-0.15, -0.1) is 6.58 Å². The van der Waals surface area contributed by atoms with E-state index in [9.17, 15) is 0 Å². The summed E-state index contributed by atoms with van der Waals surface area (Å²) in [7, 11) is 0. The van der Waals surface area contributed by atoms with Crippen molar-refractivity contribution < 1.29 is 0 Å². The second-order valence-electron chi connectivity index (χ2n) is 4.69. The average Bonchev–Trinajstić information content (AvgIpc) is 2.57. The summed E-state index contributed by atoms with van der Waals surface area (Å²) in [6, 6.07) is 8.00. The van der Waals surface area contributed by atoms with Crippen molar-refractivity contribution in [3.63, 3.8) is 0 Å². The molecule has 2 nitrogen and oxygen atoms in total. The highest BCUT2D eigenvalue weighted by Gasteiger charge is 2.05. The molecular formula is C21H30N2. The van der Waals surface area contributed by atoms with Gasteiger partial charge in [-0.3, -0.25) is 0 Å². The summed E-state index contributed by atoms with van der Waals surface area (Å²) < 4.78 is 0. The van der Waals surface area contributed by atoms with Crippen LogP contribution in [0.25, 0.3) is 11.0 Å². The number of aryl methyl sites for hydroxylation is 1. The van der Waals surface area contributed by atoms with Crippen molar-refractivity contribution in [2.45, 2.75) is 48.0 Å². The van der Waals surface area contributed by atoms with Crippen molar-refractivity contribution in [1.82, 2.24) is 9.97 Å². The molecule has 124 valence electrons. The second-order valence-corrected chi connectivity index (χ2v) is 4.69. The number of nitrogens with zero attached hydrogens (tertiary/aromatic N) is 2. The minimum Gasteiger partial charge on any atom is -0.250 e.